The molecule has 1 atom stereocenters. The molecule has 1 saturated heterocycles. The van der Waals surface area contributed by atoms with Crippen LogP contribution in [0.1, 0.15) is 12.0 Å². The number of nitrogens with zero attached hydrogens (tertiary/aromatic N) is 1. The molecule has 0 saturated carbocycles. The van der Waals surface area contributed by atoms with E-state index in [9.17, 15) is 9.18 Å². The fraction of sp³-hybridized carbons (Fsp3) is 0.533. The lowest BCUT2D eigenvalue weighted by Gasteiger charge is -2.25. The molecule has 1 fully saturated rings. The first kappa shape index (κ1) is 19.2. The summed E-state index contributed by atoms with van der Waals surface area (Å²) in [5, 5.41) is 3.53. The monoisotopic (exact) mass is 350 g/mol. The molecule has 1 heterocycles. The van der Waals surface area contributed by atoms with Crippen LogP contribution in [-0.2, 0) is 16.1 Å². The number of halogens is 3. The van der Waals surface area contributed by atoms with E-state index in [4.69, 9.17) is 16.3 Å². The minimum atomic E-state index is -0.376. The lowest BCUT2D eigenvalue weighted by atomic mass is 10.1. The van der Waals surface area contributed by atoms with E-state index in [-0.39, 0.29) is 30.0 Å². The minimum Gasteiger partial charge on any atom is -0.383 e. The third-order valence-corrected chi connectivity index (χ3v) is 4.01. The van der Waals surface area contributed by atoms with Crippen LogP contribution in [0.15, 0.2) is 18.2 Å². The first-order valence-electron chi connectivity index (χ1n) is 7.04. The van der Waals surface area contributed by atoms with Crippen molar-refractivity contribution in [3.05, 3.63) is 34.6 Å². The first-order chi connectivity index (χ1) is 10.1. The van der Waals surface area contributed by atoms with Gasteiger partial charge in [-0.15, -0.1) is 12.4 Å². The second kappa shape index (κ2) is 9.30. The lowest BCUT2D eigenvalue weighted by molar-refractivity contribution is -0.136. The maximum atomic E-state index is 13.1. The molecule has 1 N–H and O–H groups in total. The molecule has 0 bridgehead atoms. The van der Waals surface area contributed by atoms with Gasteiger partial charge in [0.25, 0.3) is 0 Å². The second-order valence-corrected chi connectivity index (χ2v) is 5.59. The first-order valence-corrected chi connectivity index (χ1v) is 7.42. The van der Waals surface area contributed by atoms with Gasteiger partial charge in [-0.1, -0.05) is 17.7 Å². The van der Waals surface area contributed by atoms with Crippen LogP contribution < -0.4 is 5.32 Å². The van der Waals surface area contributed by atoms with Gasteiger partial charge in [0.15, 0.2) is 0 Å². The van der Waals surface area contributed by atoms with Gasteiger partial charge >= 0.3 is 0 Å². The summed E-state index contributed by atoms with van der Waals surface area (Å²) in [4.78, 5) is 14.3. The van der Waals surface area contributed by atoms with Gasteiger partial charge in [0, 0.05) is 31.8 Å². The van der Waals surface area contributed by atoms with Crippen molar-refractivity contribution in [3.63, 3.8) is 0 Å². The number of carbonyl (C=O) groups excluding carboxylic acids is 1. The van der Waals surface area contributed by atoms with Gasteiger partial charge in [0.05, 0.1) is 12.5 Å². The van der Waals surface area contributed by atoms with E-state index in [0.29, 0.717) is 31.3 Å². The second-order valence-electron chi connectivity index (χ2n) is 5.18. The van der Waals surface area contributed by atoms with Gasteiger partial charge in [-0.25, -0.2) is 4.39 Å². The van der Waals surface area contributed by atoms with Crippen molar-refractivity contribution >= 4 is 29.9 Å². The predicted octanol–water partition coefficient (Wildman–Crippen LogP) is 2.49. The molecule has 22 heavy (non-hydrogen) atoms. The van der Waals surface area contributed by atoms with Crippen molar-refractivity contribution in [2.24, 2.45) is 5.92 Å². The molecule has 2 rings (SSSR count). The van der Waals surface area contributed by atoms with Crippen molar-refractivity contribution in [3.8, 4) is 0 Å². The maximum absolute atomic E-state index is 13.1. The van der Waals surface area contributed by atoms with Crippen molar-refractivity contribution in [2.45, 2.75) is 13.0 Å². The Kier molecular flexibility index (Phi) is 8.10. The fourth-order valence-corrected chi connectivity index (χ4v) is 2.67. The minimum absolute atomic E-state index is 0. The van der Waals surface area contributed by atoms with E-state index in [1.54, 1.807) is 18.1 Å². The highest BCUT2D eigenvalue weighted by molar-refractivity contribution is 6.31. The average molecular weight is 351 g/mol. The molecule has 0 radical (unpaired) electrons. The average Bonchev–Trinajstić information content (AvgIpc) is 2.99. The van der Waals surface area contributed by atoms with Crippen molar-refractivity contribution in [1.29, 1.82) is 0 Å². The van der Waals surface area contributed by atoms with Crippen LogP contribution in [0.5, 0.6) is 0 Å². The van der Waals surface area contributed by atoms with Crippen LogP contribution in [-0.4, -0.2) is 44.2 Å². The summed E-state index contributed by atoms with van der Waals surface area (Å²) in [6, 6.07) is 4.25. The van der Waals surface area contributed by atoms with E-state index >= 15 is 0 Å². The highest BCUT2D eigenvalue weighted by Crippen LogP contribution is 2.21. The largest absolute Gasteiger partial charge is 0.383 e. The molecule has 1 aliphatic heterocycles. The Morgan fingerprint density at radius 1 is 1.55 bits per heavy atom. The number of nitrogens with one attached hydrogen (secondary N) is 1. The Morgan fingerprint density at radius 2 is 2.32 bits per heavy atom. The molecule has 1 aromatic rings. The molecule has 1 aromatic carbocycles. The summed E-state index contributed by atoms with van der Waals surface area (Å²) in [6.07, 6.45) is 0.847. The molecule has 4 nitrogen and oxygen atoms in total. The molecule has 0 spiro atoms. The Morgan fingerprint density at radius 3 is 2.91 bits per heavy atom. The number of ether oxygens (including phenoxy) is 1. The molecule has 1 aliphatic rings. The number of benzene rings is 1. The topological polar surface area (TPSA) is 41.6 Å². The Hall–Kier alpha value is -0.880. The highest BCUT2D eigenvalue weighted by atomic mass is 35.5. The summed E-state index contributed by atoms with van der Waals surface area (Å²) >= 11 is 6.05. The van der Waals surface area contributed by atoms with Crippen LogP contribution in [0.3, 0.4) is 0 Å². The van der Waals surface area contributed by atoms with E-state index in [0.717, 1.165) is 18.5 Å². The zero-order valence-corrected chi connectivity index (χ0v) is 14.1. The van der Waals surface area contributed by atoms with Crippen LogP contribution >= 0.6 is 24.0 Å². The number of amides is 1. The van der Waals surface area contributed by atoms with Crippen LogP contribution in [0.25, 0.3) is 0 Å². The molecular formula is C15H21Cl2FN2O2. The standard InChI is InChI=1S/C15H20ClFN2O2.ClH/c1-21-7-6-19(15(20)11-4-5-18-9-11)10-12-2-3-13(17)8-14(12)16;/h2-3,8,11,18H,4-7,9-10H2,1H3;1H. The summed E-state index contributed by atoms with van der Waals surface area (Å²) in [6.45, 7) is 2.91. The summed E-state index contributed by atoms with van der Waals surface area (Å²) < 4.78 is 18.2. The van der Waals surface area contributed by atoms with Crippen molar-refractivity contribution in [2.75, 3.05) is 33.4 Å². The van der Waals surface area contributed by atoms with Gasteiger partial charge in [-0.05, 0) is 30.7 Å². The van der Waals surface area contributed by atoms with E-state index in [1.807, 2.05) is 0 Å². The number of carbonyl (C=O) groups is 1. The zero-order chi connectivity index (χ0) is 15.2. The van der Waals surface area contributed by atoms with Gasteiger partial charge in [0.2, 0.25) is 5.91 Å². The highest BCUT2D eigenvalue weighted by Gasteiger charge is 2.27. The molecule has 1 amide bonds. The maximum Gasteiger partial charge on any atom is 0.227 e. The molecule has 0 aliphatic carbocycles. The van der Waals surface area contributed by atoms with Gasteiger partial charge < -0.3 is 15.0 Å². The van der Waals surface area contributed by atoms with E-state index in [2.05, 4.69) is 5.32 Å². The van der Waals surface area contributed by atoms with E-state index < -0.39 is 0 Å². The zero-order valence-electron chi connectivity index (χ0n) is 12.5. The van der Waals surface area contributed by atoms with Gasteiger partial charge in [-0.2, -0.15) is 0 Å². The van der Waals surface area contributed by atoms with Crippen LogP contribution in [0, 0.1) is 11.7 Å². The molecule has 7 heteroatoms. The van der Waals surface area contributed by atoms with Crippen molar-refractivity contribution < 1.29 is 13.9 Å². The number of hydrogen-bond acceptors (Lipinski definition) is 3. The van der Waals surface area contributed by atoms with Gasteiger partial charge in [-0.3, -0.25) is 4.79 Å². The number of methoxy groups -OCH3 is 1. The van der Waals surface area contributed by atoms with Crippen LogP contribution in [0.4, 0.5) is 4.39 Å². The summed E-state index contributed by atoms with van der Waals surface area (Å²) in [5.41, 5.74) is 0.744. The number of rotatable bonds is 6. The van der Waals surface area contributed by atoms with Crippen LogP contribution in [0.2, 0.25) is 5.02 Å². The number of hydrogen-bond donors (Lipinski definition) is 1. The predicted molar refractivity (Wildman–Crippen MR) is 86.9 cm³/mol. The summed E-state index contributed by atoms with van der Waals surface area (Å²) in [5.74, 6) is -0.281. The normalized spacial score (nSPS) is 17.1. The third-order valence-electron chi connectivity index (χ3n) is 3.66. The fourth-order valence-electron chi connectivity index (χ4n) is 2.45. The molecular weight excluding hydrogens is 330 g/mol. The lowest BCUT2D eigenvalue weighted by Crippen LogP contribution is -2.38. The Balaban J connectivity index is 0.00000242. The molecule has 0 aromatic heterocycles. The van der Waals surface area contributed by atoms with Crippen molar-refractivity contribution in [1.82, 2.24) is 10.2 Å². The third kappa shape index (κ3) is 5.09. The van der Waals surface area contributed by atoms with Gasteiger partial charge in [0.1, 0.15) is 5.82 Å². The molecule has 124 valence electrons. The quantitative estimate of drug-likeness (QED) is 0.856. The Bertz CT molecular complexity index is 496. The molecule has 1 unspecified atom stereocenters. The summed E-state index contributed by atoms with van der Waals surface area (Å²) in [7, 11) is 1.60. The van der Waals surface area contributed by atoms with E-state index in [1.165, 1.54) is 12.1 Å². The smallest absolute Gasteiger partial charge is 0.227 e. The SMILES string of the molecule is COCCN(Cc1ccc(F)cc1Cl)C(=O)C1CCNC1.Cl. The Labute approximate surface area is 141 Å².